The zero-order valence-electron chi connectivity index (χ0n) is 13.3. The molecule has 1 aliphatic rings. The molecule has 0 aliphatic carbocycles. The molecular weight excluding hydrogens is 353 g/mol. The highest BCUT2D eigenvalue weighted by Crippen LogP contribution is 2.25. The van der Waals surface area contributed by atoms with E-state index in [-0.39, 0.29) is 5.02 Å². The summed E-state index contributed by atoms with van der Waals surface area (Å²) in [7, 11) is -3.44. The van der Waals surface area contributed by atoms with Gasteiger partial charge in [0.25, 0.3) is 10.2 Å². The highest BCUT2D eigenvalue weighted by molar-refractivity contribution is 7.87. The number of hydrogen-bond donors (Lipinski definition) is 2. The predicted octanol–water partition coefficient (Wildman–Crippen LogP) is 3.21. The molecule has 24 heavy (non-hydrogen) atoms. The second-order valence-electron chi connectivity index (χ2n) is 6.09. The molecule has 2 heterocycles. The summed E-state index contributed by atoms with van der Waals surface area (Å²) >= 11 is 5.83. The van der Waals surface area contributed by atoms with Crippen molar-refractivity contribution in [1.29, 1.82) is 0 Å². The Morgan fingerprint density at radius 3 is 2.62 bits per heavy atom. The van der Waals surface area contributed by atoms with Gasteiger partial charge in [0.2, 0.25) is 0 Å². The first kappa shape index (κ1) is 17.7. The number of H-pyrrole nitrogens is 1. The monoisotopic (exact) mass is 373 g/mol. The molecule has 3 rings (SSSR count). The van der Waals surface area contributed by atoms with E-state index in [0.717, 1.165) is 36.6 Å². The number of aromatic nitrogens is 1. The number of halogens is 2. The lowest BCUT2D eigenvalue weighted by atomic mass is 10.1. The molecule has 2 aromatic rings. The maximum absolute atomic E-state index is 13.5. The minimum atomic E-state index is -3.44. The Morgan fingerprint density at radius 1 is 1.21 bits per heavy atom. The van der Waals surface area contributed by atoms with Crippen LogP contribution in [0.5, 0.6) is 0 Å². The summed E-state index contributed by atoms with van der Waals surface area (Å²) in [6.45, 7) is 1.45. The number of benzene rings is 1. The summed E-state index contributed by atoms with van der Waals surface area (Å²) in [5, 5.41) is 0.879. The largest absolute Gasteiger partial charge is 0.361 e. The zero-order chi connectivity index (χ0) is 17.2. The van der Waals surface area contributed by atoms with Crippen molar-refractivity contribution in [3.05, 3.63) is 34.7 Å². The molecule has 1 aromatic heterocycles. The molecule has 1 fully saturated rings. The van der Waals surface area contributed by atoms with Crippen molar-refractivity contribution in [2.24, 2.45) is 0 Å². The first-order chi connectivity index (χ1) is 11.5. The summed E-state index contributed by atoms with van der Waals surface area (Å²) in [4.78, 5) is 2.99. The highest BCUT2D eigenvalue weighted by Gasteiger charge is 2.22. The lowest BCUT2D eigenvalue weighted by Crippen LogP contribution is -2.41. The molecule has 8 heteroatoms. The van der Waals surface area contributed by atoms with Gasteiger partial charge in [-0.2, -0.15) is 12.7 Å². The second-order valence-corrected chi connectivity index (χ2v) is 8.25. The van der Waals surface area contributed by atoms with Gasteiger partial charge in [-0.25, -0.2) is 9.11 Å². The Balaban J connectivity index is 1.64. The molecule has 1 aliphatic heterocycles. The average Bonchev–Trinajstić information content (AvgIpc) is 2.77. The molecule has 0 radical (unpaired) electrons. The van der Waals surface area contributed by atoms with E-state index < -0.39 is 16.0 Å². The van der Waals surface area contributed by atoms with Gasteiger partial charge < -0.3 is 4.98 Å². The van der Waals surface area contributed by atoms with Crippen LogP contribution in [-0.4, -0.2) is 37.3 Å². The van der Waals surface area contributed by atoms with Gasteiger partial charge in [0.15, 0.2) is 0 Å². The number of hydrogen-bond acceptors (Lipinski definition) is 2. The van der Waals surface area contributed by atoms with Crippen molar-refractivity contribution in [1.82, 2.24) is 14.0 Å². The van der Waals surface area contributed by atoms with E-state index in [1.165, 1.54) is 10.4 Å². The van der Waals surface area contributed by atoms with Crippen molar-refractivity contribution in [3.63, 3.8) is 0 Å². The Hall–Kier alpha value is -1.15. The summed E-state index contributed by atoms with van der Waals surface area (Å²) in [5.41, 5.74) is 1.56. The Morgan fingerprint density at radius 2 is 1.92 bits per heavy atom. The average molecular weight is 374 g/mol. The van der Waals surface area contributed by atoms with E-state index in [1.54, 1.807) is 12.3 Å². The van der Waals surface area contributed by atoms with Crippen LogP contribution in [0, 0.1) is 5.82 Å². The minimum Gasteiger partial charge on any atom is -0.361 e. The number of rotatable bonds is 5. The maximum atomic E-state index is 13.5. The number of aromatic amines is 1. The van der Waals surface area contributed by atoms with Crippen LogP contribution in [0.4, 0.5) is 4.39 Å². The quantitative estimate of drug-likeness (QED) is 0.845. The molecule has 0 atom stereocenters. The van der Waals surface area contributed by atoms with Crippen LogP contribution in [0.1, 0.15) is 31.2 Å². The first-order valence-electron chi connectivity index (χ1n) is 8.17. The van der Waals surface area contributed by atoms with E-state index in [0.29, 0.717) is 31.6 Å². The standard InChI is InChI=1S/C16H21ClFN3O2S/c17-14-9-13-12(11-19-16(13)10-15(14)18)5-6-20-24(22,23)21-7-3-1-2-4-8-21/h9-11,19-20H,1-8H2. The number of fused-ring (bicyclic) bond motifs is 1. The van der Waals surface area contributed by atoms with Crippen LogP contribution >= 0.6 is 11.6 Å². The maximum Gasteiger partial charge on any atom is 0.279 e. The Bertz CT molecular complexity index is 814. The van der Waals surface area contributed by atoms with Crippen molar-refractivity contribution in [2.45, 2.75) is 32.1 Å². The van der Waals surface area contributed by atoms with Crippen molar-refractivity contribution < 1.29 is 12.8 Å². The van der Waals surface area contributed by atoms with Crippen molar-refractivity contribution >= 4 is 32.7 Å². The normalized spacial score (nSPS) is 17.2. The topological polar surface area (TPSA) is 65.2 Å². The fraction of sp³-hybridized carbons (Fsp3) is 0.500. The summed E-state index contributed by atoms with van der Waals surface area (Å²) in [6, 6.07) is 2.92. The highest BCUT2D eigenvalue weighted by atomic mass is 35.5. The summed E-state index contributed by atoms with van der Waals surface area (Å²) in [5.74, 6) is -0.473. The zero-order valence-corrected chi connectivity index (χ0v) is 14.9. The van der Waals surface area contributed by atoms with Crippen LogP contribution in [-0.2, 0) is 16.6 Å². The van der Waals surface area contributed by atoms with Crippen LogP contribution in [0.15, 0.2) is 18.3 Å². The minimum absolute atomic E-state index is 0.0634. The van der Waals surface area contributed by atoms with Gasteiger partial charge in [0, 0.05) is 36.7 Å². The van der Waals surface area contributed by atoms with Gasteiger partial charge in [-0.05, 0) is 37.0 Å². The molecule has 5 nitrogen and oxygen atoms in total. The molecule has 1 saturated heterocycles. The van der Waals surface area contributed by atoms with Gasteiger partial charge in [-0.1, -0.05) is 24.4 Å². The van der Waals surface area contributed by atoms with Crippen LogP contribution < -0.4 is 4.72 Å². The fourth-order valence-corrected chi connectivity index (χ4v) is 4.51. The smallest absolute Gasteiger partial charge is 0.279 e. The molecular formula is C16H21ClFN3O2S. The molecule has 0 unspecified atom stereocenters. The first-order valence-corrected chi connectivity index (χ1v) is 9.99. The van der Waals surface area contributed by atoms with Crippen molar-refractivity contribution in [2.75, 3.05) is 19.6 Å². The molecule has 0 spiro atoms. The molecule has 0 amide bonds. The second kappa shape index (κ2) is 7.39. The van der Waals surface area contributed by atoms with E-state index >= 15 is 0 Å². The van der Waals surface area contributed by atoms with E-state index in [2.05, 4.69) is 9.71 Å². The number of nitrogens with zero attached hydrogens (tertiary/aromatic N) is 1. The van der Waals surface area contributed by atoms with Gasteiger partial charge in [-0.3, -0.25) is 0 Å². The third-order valence-electron chi connectivity index (χ3n) is 4.39. The van der Waals surface area contributed by atoms with Gasteiger partial charge in [0.1, 0.15) is 5.82 Å². The molecule has 132 valence electrons. The Labute approximate surface area is 146 Å². The molecule has 0 saturated carbocycles. The van der Waals surface area contributed by atoms with Crippen LogP contribution in [0.25, 0.3) is 10.9 Å². The van der Waals surface area contributed by atoms with Gasteiger partial charge >= 0.3 is 0 Å². The lowest BCUT2D eigenvalue weighted by Gasteiger charge is -2.20. The van der Waals surface area contributed by atoms with Crippen LogP contribution in [0.2, 0.25) is 5.02 Å². The lowest BCUT2D eigenvalue weighted by molar-refractivity contribution is 0.415. The van der Waals surface area contributed by atoms with E-state index in [4.69, 9.17) is 11.6 Å². The van der Waals surface area contributed by atoms with Crippen LogP contribution in [0.3, 0.4) is 0 Å². The van der Waals surface area contributed by atoms with Gasteiger partial charge in [0.05, 0.1) is 5.02 Å². The predicted molar refractivity (Wildman–Crippen MR) is 93.9 cm³/mol. The SMILES string of the molecule is O=S(=O)(NCCc1c[nH]c2cc(F)c(Cl)cc12)N1CCCCCC1. The molecule has 1 aromatic carbocycles. The van der Waals surface area contributed by atoms with Gasteiger partial charge in [-0.15, -0.1) is 0 Å². The van der Waals surface area contributed by atoms with E-state index in [1.807, 2.05) is 0 Å². The Kier molecular flexibility index (Phi) is 5.44. The molecule has 0 bridgehead atoms. The third kappa shape index (κ3) is 3.91. The summed E-state index contributed by atoms with van der Waals surface area (Å²) in [6.07, 6.45) is 6.26. The third-order valence-corrected chi connectivity index (χ3v) is 6.30. The summed E-state index contributed by atoms with van der Waals surface area (Å²) < 4.78 is 42.4. The fourth-order valence-electron chi connectivity index (χ4n) is 3.07. The van der Waals surface area contributed by atoms with Crippen molar-refractivity contribution in [3.8, 4) is 0 Å². The molecule has 2 N–H and O–H groups in total. The number of nitrogens with one attached hydrogen (secondary N) is 2. The van der Waals surface area contributed by atoms with E-state index in [9.17, 15) is 12.8 Å².